The van der Waals surface area contributed by atoms with E-state index in [9.17, 15) is 14.0 Å². The van der Waals surface area contributed by atoms with E-state index in [2.05, 4.69) is 29.5 Å². The highest BCUT2D eigenvalue weighted by Gasteiger charge is 2.42. The molecule has 30 heavy (non-hydrogen) atoms. The Bertz CT molecular complexity index is 1090. The molecule has 1 aromatic heterocycles. The normalized spacial score (nSPS) is 20.5. The quantitative estimate of drug-likeness (QED) is 0.791. The number of nitrogens with zero attached hydrogens (tertiary/aromatic N) is 1. The van der Waals surface area contributed by atoms with E-state index in [1.807, 2.05) is 13.0 Å². The number of benzene rings is 1. The highest BCUT2D eigenvalue weighted by Crippen LogP contribution is 2.46. The Balaban J connectivity index is 1.79. The Morgan fingerprint density at radius 3 is 2.73 bits per heavy atom. The van der Waals surface area contributed by atoms with Crippen molar-refractivity contribution in [3.63, 3.8) is 0 Å². The van der Waals surface area contributed by atoms with Crippen molar-refractivity contribution in [3.05, 3.63) is 82.7 Å². The molecule has 0 bridgehead atoms. The first-order chi connectivity index (χ1) is 14.2. The van der Waals surface area contributed by atoms with Gasteiger partial charge in [0.25, 0.3) is 5.91 Å². The molecule has 0 radical (unpaired) electrons. The van der Waals surface area contributed by atoms with E-state index in [4.69, 9.17) is 0 Å². The molecule has 1 aliphatic carbocycles. The van der Waals surface area contributed by atoms with Crippen molar-refractivity contribution in [1.29, 1.82) is 0 Å². The maximum atomic E-state index is 13.6. The Hall–Kier alpha value is -3.28. The van der Waals surface area contributed by atoms with Crippen LogP contribution in [0.5, 0.6) is 0 Å². The molecule has 1 aliphatic heterocycles. The third-order valence-electron chi connectivity index (χ3n) is 5.58. The van der Waals surface area contributed by atoms with E-state index >= 15 is 0 Å². The molecule has 4 rings (SSSR count). The molecule has 1 aromatic carbocycles. The summed E-state index contributed by atoms with van der Waals surface area (Å²) in [6.07, 6.45) is 4.49. The van der Waals surface area contributed by atoms with Gasteiger partial charge in [-0.2, -0.15) is 0 Å². The lowest BCUT2D eigenvalue weighted by Gasteiger charge is -2.39. The number of aromatic nitrogens is 1. The lowest BCUT2D eigenvalue weighted by Crippen LogP contribution is -2.39. The number of amides is 1. The Labute approximate surface area is 175 Å². The van der Waals surface area contributed by atoms with E-state index in [0.29, 0.717) is 29.0 Å². The molecule has 2 aromatic rings. The molecule has 2 N–H and O–H groups in total. The molecule has 6 heteroatoms. The van der Waals surface area contributed by atoms with Crippen molar-refractivity contribution in [1.82, 2.24) is 10.3 Å². The van der Waals surface area contributed by atoms with Gasteiger partial charge in [-0.1, -0.05) is 26.0 Å². The zero-order chi connectivity index (χ0) is 21.5. The second-order valence-electron chi connectivity index (χ2n) is 8.68. The van der Waals surface area contributed by atoms with Gasteiger partial charge in [0.1, 0.15) is 5.82 Å². The number of carbonyl (C=O) groups excluding carboxylic acids is 2. The molecular formula is C24H24FN3O2. The highest BCUT2D eigenvalue weighted by molar-refractivity contribution is 6.09. The number of pyridine rings is 1. The summed E-state index contributed by atoms with van der Waals surface area (Å²) in [6.45, 7) is 5.97. The number of hydrogen-bond donors (Lipinski definition) is 2. The lowest BCUT2D eigenvalue weighted by molar-refractivity contribution is -0.118. The molecule has 5 nitrogen and oxygen atoms in total. The van der Waals surface area contributed by atoms with Crippen LogP contribution in [0.4, 0.5) is 10.1 Å². The first kappa shape index (κ1) is 20.0. The fourth-order valence-corrected chi connectivity index (χ4v) is 4.38. The van der Waals surface area contributed by atoms with Crippen LogP contribution in [0, 0.1) is 11.2 Å². The summed E-state index contributed by atoms with van der Waals surface area (Å²) < 4.78 is 13.6. The van der Waals surface area contributed by atoms with E-state index in [1.54, 1.807) is 24.5 Å². The van der Waals surface area contributed by atoms with Gasteiger partial charge in [-0.15, -0.1) is 0 Å². The minimum Gasteiger partial charge on any atom is -0.362 e. The number of allylic oxidation sites excluding steroid dienone is 3. The van der Waals surface area contributed by atoms with Gasteiger partial charge < -0.3 is 10.6 Å². The van der Waals surface area contributed by atoms with Crippen LogP contribution in [0.25, 0.3) is 0 Å². The van der Waals surface area contributed by atoms with E-state index < -0.39 is 11.7 Å². The topological polar surface area (TPSA) is 71.1 Å². The second-order valence-corrected chi connectivity index (χ2v) is 8.68. The van der Waals surface area contributed by atoms with Crippen molar-refractivity contribution in [2.75, 3.05) is 5.32 Å². The van der Waals surface area contributed by atoms with Gasteiger partial charge in [0.05, 0.1) is 0 Å². The molecule has 2 aliphatic rings. The van der Waals surface area contributed by atoms with E-state index in [1.165, 1.54) is 18.2 Å². The smallest absolute Gasteiger partial charge is 0.254 e. The van der Waals surface area contributed by atoms with Crippen molar-refractivity contribution < 1.29 is 14.0 Å². The first-order valence-corrected chi connectivity index (χ1v) is 9.96. The largest absolute Gasteiger partial charge is 0.362 e. The fourth-order valence-electron chi connectivity index (χ4n) is 4.38. The van der Waals surface area contributed by atoms with Crippen LogP contribution in [0.1, 0.15) is 45.1 Å². The summed E-state index contributed by atoms with van der Waals surface area (Å²) >= 11 is 0. The van der Waals surface area contributed by atoms with Crippen LogP contribution in [-0.4, -0.2) is 16.7 Å². The minimum absolute atomic E-state index is 0.0335. The number of halogens is 1. The van der Waals surface area contributed by atoms with E-state index in [-0.39, 0.29) is 17.1 Å². The minimum atomic E-state index is -0.521. The summed E-state index contributed by atoms with van der Waals surface area (Å²) in [4.78, 5) is 30.7. The average Bonchev–Trinajstić information content (AvgIpc) is 2.66. The summed E-state index contributed by atoms with van der Waals surface area (Å²) in [6, 6.07) is 9.43. The predicted molar refractivity (Wildman–Crippen MR) is 113 cm³/mol. The fraction of sp³-hybridized carbons (Fsp3) is 0.292. The van der Waals surface area contributed by atoms with Gasteiger partial charge in [0.15, 0.2) is 5.78 Å². The number of carbonyl (C=O) groups is 2. The molecule has 0 saturated heterocycles. The van der Waals surface area contributed by atoms with Gasteiger partial charge >= 0.3 is 0 Å². The third kappa shape index (κ3) is 3.77. The SMILES string of the molecule is CC1=C(C(=O)Nc2cccc(F)c2)[C@H](c2cccnc2)C2=C(CC(C)(C)CC2=O)N1. The number of dihydropyridines is 1. The average molecular weight is 405 g/mol. The molecule has 0 unspecified atom stereocenters. The molecule has 1 amide bonds. The van der Waals surface area contributed by atoms with Crippen LogP contribution in [0.15, 0.2) is 71.3 Å². The van der Waals surface area contributed by atoms with Crippen molar-refractivity contribution in [2.24, 2.45) is 5.41 Å². The number of Topliss-reactive ketones (excluding diaryl/α,β-unsaturated/α-hetero) is 1. The van der Waals surface area contributed by atoms with Gasteiger partial charge in [0.2, 0.25) is 0 Å². The number of anilines is 1. The van der Waals surface area contributed by atoms with Crippen LogP contribution >= 0.6 is 0 Å². The van der Waals surface area contributed by atoms with Gasteiger partial charge in [-0.05, 0) is 48.6 Å². The maximum absolute atomic E-state index is 13.6. The van der Waals surface area contributed by atoms with Crippen LogP contribution in [0.3, 0.4) is 0 Å². The molecule has 0 fully saturated rings. The molecule has 2 heterocycles. The maximum Gasteiger partial charge on any atom is 0.254 e. The number of rotatable bonds is 3. The molecular weight excluding hydrogens is 381 g/mol. The van der Waals surface area contributed by atoms with E-state index in [0.717, 1.165) is 17.7 Å². The summed E-state index contributed by atoms with van der Waals surface area (Å²) in [5.74, 6) is -1.29. The Morgan fingerprint density at radius 1 is 1.23 bits per heavy atom. The number of hydrogen-bond acceptors (Lipinski definition) is 4. The second kappa shape index (κ2) is 7.52. The van der Waals surface area contributed by atoms with Crippen LogP contribution in [0.2, 0.25) is 0 Å². The standard InChI is InChI=1S/C24H24FN3O2/c1-14-20(23(30)28-17-8-4-7-16(25)10-17)21(15-6-5-9-26-13-15)22-18(27-14)11-24(2,3)12-19(22)29/h4-10,13,21,27H,11-12H2,1-3H3,(H,28,30)/t21-/m0/s1. The van der Waals surface area contributed by atoms with Crippen LogP contribution < -0.4 is 10.6 Å². The monoisotopic (exact) mass is 405 g/mol. The Kier molecular flexibility index (Phi) is 5.02. The predicted octanol–water partition coefficient (Wildman–Crippen LogP) is 4.46. The van der Waals surface area contributed by atoms with Crippen molar-refractivity contribution in [2.45, 2.75) is 39.5 Å². The Morgan fingerprint density at radius 2 is 2.03 bits per heavy atom. The zero-order valence-corrected chi connectivity index (χ0v) is 17.3. The summed E-state index contributed by atoms with van der Waals surface area (Å²) in [5, 5.41) is 6.09. The first-order valence-electron chi connectivity index (χ1n) is 9.96. The van der Waals surface area contributed by atoms with Crippen LogP contribution in [-0.2, 0) is 9.59 Å². The third-order valence-corrected chi connectivity index (χ3v) is 5.58. The summed E-state index contributed by atoms with van der Waals surface area (Å²) in [5.41, 5.74) is 3.61. The molecule has 154 valence electrons. The van der Waals surface area contributed by atoms with Crippen molar-refractivity contribution in [3.8, 4) is 0 Å². The highest BCUT2D eigenvalue weighted by atomic mass is 19.1. The number of nitrogens with one attached hydrogen (secondary N) is 2. The molecule has 0 saturated carbocycles. The van der Waals surface area contributed by atoms with Gasteiger partial charge in [-0.3, -0.25) is 14.6 Å². The molecule has 1 atom stereocenters. The number of ketones is 1. The lowest BCUT2D eigenvalue weighted by atomic mass is 9.68. The summed E-state index contributed by atoms with van der Waals surface area (Å²) in [7, 11) is 0. The van der Waals surface area contributed by atoms with Gasteiger partial charge in [-0.25, -0.2) is 4.39 Å². The zero-order valence-electron chi connectivity index (χ0n) is 17.3. The van der Waals surface area contributed by atoms with Crippen molar-refractivity contribution >= 4 is 17.4 Å². The molecule has 0 spiro atoms. The van der Waals surface area contributed by atoms with Gasteiger partial charge in [0, 0.05) is 53.0 Å².